The summed E-state index contributed by atoms with van der Waals surface area (Å²) in [6, 6.07) is 14.9. The van der Waals surface area contributed by atoms with Crippen LogP contribution in [-0.4, -0.2) is 31.3 Å². The quantitative estimate of drug-likeness (QED) is 0.688. The standard InChI is InChI=1S/C19H23FN2O3/c1-25-18(15-7-9-16(20)10-8-15)13-22-19(24)21-12-11-17(23)14-5-3-2-4-6-14/h2-10,17-18,23H,11-13H2,1H3,(H2,21,22,24). The molecule has 2 aromatic carbocycles. The van der Waals surface area contributed by atoms with E-state index in [9.17, 15) is 14.3 Å². The van der Waals surface area contributed by atoms with Gasteiger partial charge in [-0.05, 0) is 29.7 Å². The lowest BCUT2D eigenvalue weighted by Gasteiger charge is -2.17. The van der Waals surface area contributed by atoms with E-state index in [1.807, 2.05) is 30.3 Å². The van der Waals surface area contributed by atoms with E-state index in [1.54, 1.807) is 12.1 Å². The molecule has 2 rings (SSSR count). The highest BCUT2D eigenvalue weighted by atomic mass is 19.1. The molecule has 0 aliphatic rings. The monoisotopic (exact) mass is 346 g/mol. The first kappa shape index (κ1) is 18.9. The van der Waals surface area contributed by atoms with Crippen LogP contribution in [0, 0.1) is 5.82 Å². The van der Waals surface area contributed by atoms with Crippen LogP contribution < -0.4 is 10.6 Å². The Morgan fingerprint density at radius 1 is 1.08 bits per heavy atom. The molecule has 0 fully saturated rings. The smallest absolute Gasteiger partial charge is 0.314 e. The van der Waals surface area contributed by atoms with Crippen LogP contribution in [-0.2, 0) is 4.74 Å². The van der Waals surface area contributed by atoms with Gasteiger partial charge in [-0.25, -0.2) is 9.18 Å². The molecule has 25 heavy (non-hydrogen) atoms. The minimum atomic E-state index is -0.618. The largest absolute Gasteiger partial charge is 0.388 e. The highest BCUT2D eigenvalue weighted by molar-refractivity contribution is 5.73. The van der Waals surface area contributed by atoms with Crippen LogP contribution in [0.5, 0.6) is 0 Å². The topological polar surface area (TPSA) is 70.6 Å². The zero-order valence-corrected chi connectivity index (χ0v) is 14.1. The van der Waals surface area contributed by atoms with E-state index in [1.165, 1.54) is 19.2 Å². The van der Waals surface area contributed by atoms with Crippen molar-refractivity contribution in [2.24, 2.45) is 0 Å². The van der Waals surface area contributed by atoms with Gasteiger partial charge in [0.1, 0.15) is 5.82 Å². The van der Waals surface area contributed by atoms with Gasteiger partial charge in [0.2, 0.25) is 0 Å². The molecule has 2 unspecified atom stereocenters. The Hall–Kier alpha value is -2.44. The first-order chi connectivity index (χ1) is 12.1. The first-order valence-electron chi connectivity index (χ1n) is 8.13. The van der Waals surface area contributed by atoms with Crippen LogP contribution in [0.15, 0.2) is 54.6 Å². The Morgan fingerprint density at radius 2 is 1.76 bits per heavy atom. The molecule has 0 radical (unpaired) electrons. The van der Waals surface area contributed by atoms with Gasteiger partial charge >= 0.3 is 6.03 Å². The van der Waals surface area contributed by atoms with E-state index in [0.29, 0.717) is 13.0 Å². The average Bonchev–Trinajstić information content (AvgIpc) is 2.64. The number of carbonyl (C=O) groups excluding carboxylic acids is 1. The summed E-state index contributed by atoms with van der Waals surface area (Å²) in [5, 5.41) is 15.4. The molecule has 3 N–H and O–H groups in total. The number of amides is 2. The van der Waals surface area contributed by atoms with Crippen LogP contribution in [0.1, 0.15) is 29.8 Å². The molecule has 2 amide bonds. The van der Waals surface area contributed by atoms with Crippen molar-refractivity contribution in [2.75, 3.05) is 20.2 Å². The van der Waals surface area contributed by atoms with Crippen LogP contribution in [0.3, 0.4) is 0 Å². The molecule has 6 heteroatoms. The van der Waals surface area contributed by atoms with Gasteiger partial charge < -0.3 is 20.5 Å². The van der Waals surface area contributed by atoms with Gasteiger partial charge in [-0.1, -0.05) is 42.5 Å². The lowest BCUT2D eigenvalue weighted by atomic mass is 10.1. The zero-order valence-electron chi connectivity index (χ0n) is 14.1. The maximum Gasteiger partial charge on any atom is 0.314 e. The van der Waals surface area contributed by atoms with Crippen molar-refractivity contribution in [2.45, 2.75) is 18.6 Å². The number of hydrogen-bond donors (Lipinski definition) is 3. The number of halogens is 1. The summed E-state index contributed by atoms with van der Waals surface area (Å²) in [6.45, 7) is 0.602. The maximum absolute atomic E-state index is 13.0. The third kappa shape index (κ3) is 6.17. The maximum atomic E-state index is 13.0. The normalized spacial score (nSPS) is 13.1. The molecule has 2 aromatic rings. The van der Waals surface area contributed by atoms with Crippen LogP contribution in [0.2, 0.25) is 0 Å². The van der Waals surface area contributed by atoms with Crippen molar-refractivity contribution < 1.29 is 19.0 Å². The van der Waals surface area contributed by atoms with Crippen molar-refractivity contribution >= 4 is 6.03 Å². The van der Waals surface area contributed by atoms with Gasteiger partial charge in [-0.2, -0.15) is 0 Å². The SMILES string of the molecule is COC(CNC(=O)NCCC(O)c1ccccc1)c1ccc(F)cc1. The minimum absolute atomic E-state index is 0.259. The molecular weight excluding hydrogens is 323 g/mol. The summed E-state index contributed by atoms with van der Waals surface area (Å²) in [4.78, 5) is 11.8. The molecule has 0 aromatic heterocycles. The second-order valence-electron chi connectivity index (χ2n) is 5.63. The van der Waals surface area contributed by atoms with Gasteiger partial charge in [0.05, 0.1) is 12.2 Å². The van der Waals surface area contributed by atoms with Gasteiger partial charge in [-0.3, -0.25) is 0 Å². The second kappa shape index (κ2) is 9.76. The molecule has 5 nitrogen and oxygen atoms in total. The molecule has 0 aliphatic heterocycles. The summed E-state index contributed by atoms with van der Waals surface area (Å²) >= 11 is 0. The highest BCUT2D eigenvalue weighted by Crippen LogP contribution is 2.16. The van der Waals surface area contributed by atoms with Crippen molar-refractivity contribution in [1.29, 1.82) is 0 Å². The lowest BCUT2D eigenvalue weighted by Crippen LogP contribution is -2.38. The van der Waals surface area contributed by atoms with Crippen molar-refractivity contribution in [3.63, 3.8) is 0 Å². The zero-order chi connectivity index (χ0) is 18.1. The van der Waals surface area contributed by atoms with Crippen LogP contribution >= 0.6 is 0 Å². The van der Waals surface area contributed by atoms with Crippen molar-refractivity contribution in [3.05, 3.63) is 71.5 Å². The number of rotatable bonds is 8. The van der Waals surface area contributed by atoms with Crippen molar-refractivity contribution in [1.82, 2.24) is 10.6 Å². The Labute approximate surface area is 146 Å². The third-order valence-corrected chi connectivity index (χ3v) is 3.86. The fourth-order valence-electron chi connectivity index (χ4n) is 2.43. The van der Waals surface area contributed by atoms with E-state index < -0.39 is 6.10 Å². The Balaban J connectivity index is 1.71. The molecule has 0 aliphatic carbocycles. The summed E-state index contributed by atoms with van der Waals surface area (Å²) in [5.74, 6) is -0.318. The number of aliphatic hydroxyl groups excluding tert-OH is 1. The Bertz CT molecular complexity index is 649. The van der Waals surface area contributed by atoms with E-state index in [2.05, 4.69) is 10.6 Å². The molecule has 134 valence electrons. The summed E-state index contributed by atoms with van der Waals surface area (Å²) in [6.07, 6.45) is -0.558. The highest BCUT2D eigenvalue weighted by Gasteiger charge is 2.12. The van der Waals surface area contributed by atoms with Gasteiger partial charge in [0.25, 0.3) is 0 Å². The van der Waals surface area contributed by atoms with E-state index in [-0.39, 0.29) is 24.5 Å². The Kier molecular flexibility index (Phi) is 7.37. The van der Waals surface area contributed by atoms with Crippen LogP contribution in [0.25, 0.3) is 0 Å². The summed E-state index contributed by atoms with van der Waals surface area (Å²) < 4.78 is 18.3. The number of nitrogens with one attached hydrogen (secondary N) is 2. The summed E-state index contributed by atoms with van der Waals surface area (Å²) in [7, 11) is 1.53. The molecular formula is C19H23FN2O3. The molecule has 2 atom stereocenters. The third-order valence-electron chi connectivity index (χ3n) is 3.86. The number of benzene rings is 2. The molecule has 0 bridgehead atoms. The van der Waals surface area contributed by atoms with Gasteiger partial charge in [-0.15, -0.1) is 0 Å². The predicted octanol–water partition coefficient (Wildman–Crippen LogP) is 2.94. The fourth-order valence-corrected chi connectivity index (χ4v) is 2.43. The second-order valence-corrected chi connectivity index (χ2v) is 5.63. The molecule has 0 saturated heterocycles. The number of methoxy groups -OCH3 is 1. The van der Waals surface area contributed by atoms with Gasteiger partial charge in [0.15, 0.2) is 0 Å². The number of carbonyl (C=O) groups is 1. The number of aliphatic hydroxyl groups is 1. The molecule has 0 spiro atoms. The summed E-state index contributed by atoms with van der Waals surface area (Å²) in [5.41, 5.74) is 1.60. The first-order valence-corrected chi connectivity index (χ1v) is 8.13. The van der Waals surface area contributed by atoms with E-state index in [0.717, 1.165) is 11.1 Å². The predicted molar refractivity (Wildman–Crippen MR) is 93.6 cm³/mol. The Morgan fingerprint density at radius 3 is 2.40 bits per heavy atom. The molecule has 0 saturated carbocycles. The number of ether oxygens (including phenoxy) is 1. The van der Waals surface area contributed by atoms with E-state index in [4.69, 9.17) is 4.74 Å². The minimum Gasteiger partial charge on any atom is -0.388 e. The van der Waals surface area contributed by atoms with Gasteiger partial charge in [0, 0.05) is 20.2 Å². The average molecular weight is 346 g/mol. The van der Waals surface area contributed by atoms with E-state index >= 15 is 0 Å². The number of urea groups is 1. The number of hydrogen-bond acceptors (Lipinski definition) is 3. The lowest BCUT2D eigenvalue weighted by molar-refractivity contribution is 0.104. The fraction of sp³-hybridized carbons (Fsp3) is 0.316. The van der Waals surface area contributed by atoms with Crippen LogP contribution in [0.4, 0.5) is 9.18 Å². The molecule has 0 heterocycles. The van der Waals surface area contributed by atoms with Crippen molar-refractivity contribution in [3.8, 4) is 0 Å².